The van der Waals surface area contributed by atoms with Crippen LogP contribution in [0, 0.1) is 13.8 Å². The van der Waals surface area contributed by atoms with Crippen molar-refractivity contribution < 1.29 is 4.79 Å². The summed E-state index contributed by atoms with van der Waals surface area (Å²) >= 11 is 0. The maximum atomic E-state index is 12.2. The molecule has 102 valence electrons. The number of nitrogens with two attached hydrogens (primary N) is 1. The molecule has 3 heteroatoms. The Balaban J connectivity index is 1.98. The number of fused-ring (bicyclic) bond motifs is 1. The highest BCUT2D eigenvalue weighted by molar-refractivity contribution is 6.06. The Morgan fingerprint density at radius 2 is 2.00 bits per heavy atom. The number of hydrogen-bond acceptors (Lipinski definition) is 2. The number of para-hydroxylation sites is 1. The van der Waals surface area contributed by atoms with Crippen LogP contribution in [0.5, 0.6) is 0 Å². The molecule has 0 aliphatic carbocycles. The first-order valence-corrected chi connectivity index (χ1v) is 6.81. The molecule has 1 atom stereocenters. The van der Waals surface area contributed by atoms with Crippen molar-refractivity contribution >= 4 is 17.3 Å². The molecule has 0 bridgehead atoms. The first kappa shape index (κ1) is 12.7. The van der Waals surface area contributed by atoms with E-state index in [4.69, 9.17) is 5.73 Å². The van der Waals surface area contributed by atoms with Gasteiger partial charge in [0, 0.05) is 0 Å². The summed E-state index contributed by atoms with van der Waals surface area (Å²) in [5.41, 5.74) is 12.0. The van der Waals surface area contributed by atoms with E-state index in [0.717, 1.165) is 17.7 Å². The predicted octanol–water partition coefficient (Wildman–Crippen LogP) is 3.16. The number of hydrogen-bond donors (Lipinski definition) is 2. The number of aryl methyl sites for hydroxylation is 2. The molecule has 0 aromatic heterocycles. The lowest BCUT2D eigenvalue weighted by molar-refractivity contribution is -0.117. The highest BCUT2D eigenvalue weighted by Crippen LogP contribution is 2.38. The summed E-state index contributed by atoms with van der Waals surface area (Å²) in [4.78, 5) is 12.2. The molecule has 3 N–H and O–H groups in total. The number of carbonyl (C=O) groups is 1. The van der Waals surface area contributed by atoms with E-state index < -0.39 is 0 Å². The number of nitrogens with one attached hydrogen (secondary N) is 1. The third kappa shape index (κ3) is 2.05. The third-order valence-electron chi connectivity index (χ3n) is 4.00. The second-order valence-electron chi connectivity index (χ2n) is 5.49. The summed E-state index contributed by atoms with van der Waals surface area (Å²) in [6, 6.07) is 12.1. The normalized spacial score (nSPS) is 16.9. The summed E-state index contributed by atoms with van der Waals surface area (Å²) in [5, 5.41) is 2.91. The fraction of sp³-hybridized carbons (Fsp3) is 0.235. The van der Waals surface area contributed by atoms with Crippen LogP contribution in [0.2, 0.25) is 0 Å². The highest BCUT2D eigenvalue weighted by atomic mass is 16.2. The quantitative estimate of drug-likeness (QED) is 0.820. The van der Waals surface area contributed by atoms with Crippen molar-refractivity contribution in [3.63, 3.8) is 0 Å². The van der Waals surface area contributed by atoms with Gasteiger partial charge in [0.25, 0.3) is 0 Å². The van der Waals surface area contributed by atoms with E-state index in [-0.39, 0.29) is 11.8 Å². The van der Waals surface area contributed by atoms with E-state index >= 15 is 0 Å². The van der Waals surface area contributed by atoms with Crippen molar-refractivity contribution in [2.45, 2.75) is 26.2 Å². The highest BCUT2D eigenvalue weighted by Gasteiger charge is 2.31. The Morgan fingerprint density at radius 3 is 2.80 bits per heavy atom. The van der Waals surface area contributed by atoms with E-state index in [2.05, 4.69) is 37.4 Å². The van der Waals surface area contributed by atoms with Crippen LogP contribution in [0.1, 0.15) is 28.2 Å². The minimum atomic E-state index is -0.144. The molecular formula is C17H18N2O. The number of nitrogen functional groups attached to an aromatic ring is 1. The Kier molecular flexibility index (Phi) is 2.97. The minimum Gasteiger partial charge on any atom is -0.397 e. The SMILES string of the molecule is Cc1ccc(C)c(CC2C(=O)Nc3c(N)cccc32)c1. The van der Waals surface area contributed by atoms with Gasteiger partial charge in [0.1, 0.15) is 0 Å². The number of carbonyl (C=O) groups excluding carboxylic acids is 1. The van der Waals surface area contributed by atoms with Gasteiger partial charge in [-0.15, -0.1) is 0 Å². The third-order valence-corrected chi connectivity index (χ3v) is 4.00. The second-order valence-corrected chi connectivity index (χ2v) is 5.49. The van der Waals surface area contributed by atoms with Gasteiger partial charge in [0.05, 0.1) is 17.3 Å². The van der Waals surface area contributed by atoms with Crippen LogP contribution in [0.15, 0.2) is 36.4 Å². The number of benzene rings is 2. The molecule has 1 aliphatic rings. The number of amides is 1. The molecule has 1 amide bonds. The summed E-state index contributed by atoms with van der Waals surface area (Å²) < 4.78 is 0. The van der Waals surface area contributed by atoms with Gasteiger partial charge >= 0.3 is 0 Å². The predicted molar refractivity (Wildman–Crippen MR) is 81.8 cm³/mol. The lowest BCUT2D eigenvalue weighted by atomic mass is 9.90. The van der Waals surface area contributed by atoms with Gasteiger partial charge in [-0.1, -0.05) is 35.9 Å². The molecule has 0 radical (unpaired) electrons. The van der Waals surface area contributed by atoms with Gasteiger partial charge in [0.15, 0.2) is 0 Å². The minimum absolute atomic E-state index is 0.0406. The average molecular weight is 266 g/mol. The zero-order valence-electron chi connectivity index (χ0n) is 11.7. The van der Waals surface area contributed by atoms with E-state index in [1.807, 2.05) is 18.2 Å². The smallest absolute Gasteiger partial charge is 0.232 e. The largest absolute Gasteiger partial charge is 0.397 e. The monoisotopic (exact) mass is 266 g/mol. The van der Waals surface area contributed by atoms with Crippen LogP contribution in [0.3, 0.4) is 0 Å². The lowest BCUT2D eigenvalue weighted by Crippen LogP contribution is -2.15. The lowest BCUT2D eigenvalue weighted by Gasteiger charge is -2.12. The molecule has 0 spiro atoms. The van der Waals surface area contributed by atoms with Crippen LogP contribution < -0.4 is 11.1 Å². The topological polar surface area (TPSA) is 55.1 Å². The summed E-state index contributed by atoms with van der Waals surface area (Å²) in [6.07, 6.45) is 0.718. The van der Waals surface area contributed by atoms with Gasteiger partial charge in [-0.25, -0.2) is 0 Å². The molecular weight excluding hydrogens is 248 g/mol. The fourth-order valence-electron chi connectivity index (χ4n) is 2.82. The Labute approximate surface area is 118 Å². The van der Waals surface area contributed by atoms with Gasteiger partial charge in [-0.05, 0) is 43.0 Å². The van der Waals surface area contributed by atoms with Gasteiger partial charge in [-0.2, -0.15) is 0 Å². The van der Waals surface area contributed by atoms with Crippen molar-refractivity contribution in [1.82, 2.24) is 0 Å². The molecule has 0 saturated carbocycles. The zero-order valence-corrected chi connectivity index (χ0v) is 11.7. The van der Waals surface area contributed by atoms with E-state index in [1.165, 1.54) is 16.7 Å². The van der Waals surface area contributed by atoms with Crippen LogP contribution in [-0.4, -0.2) is 5.91 Å². The van der Waals surface area contributed by atoms with E-state index in [9.17, 15) is 4.79 Å². The van der Waals surface area contributed by atoms with E-state index in [0.29, 0.717) is 5.69 Å². The first-order valence-electron chi connectivity index (χ1n) is 6.81. The summed E-state index contributed by atoms with van der Waals surface area (Å²) in [5.74, 6) is -0.104. The van der Waals surface area contributed by atoms with Crippen LogP contribution in [-0.2, 0) is 11.2 Å². The zero-order chi connectivity index (χ0) is 14.3. The van der Waals surface area contributed by atoms with Crippen LogP contribution in [0.4, 0.5) is 11.4 Å². The van der Waals surface area contributed by atoms with Gasteiger partial charge in [-0.3, -0.25) is 4.79 Å². The molecule has 1 unspecified atom stereocenters. The van der Waals surface area contributed by atoms with Gasteiger partial charge < -0.3 is 11.1 Å². The van der Waals surface area contributed by atoms with Gasteiger partial charge in [0.2, 0.25) is 5.91 Å². The molecule has 20 heavy (non-hydrogen) atoms. The van der Waals surface area contributed by atoms with Crippen LogP contribution in [0.25, 0.3) is 0 Å². The molecule has 3 nitrogen and oxygen atoms in total. The number of anilines is 2. The Morgan fingerprint density at radius 1 is 1.20 bits per heavy atom. The molecule has 1 aliphatic heterocycles. The van der Waals surface area contributed by atoms with Crippen LogP contribution >= 0.6 is 0 Å². The van der Waals surface area contributed by atoms with Crippen molar-refractivity contribution in [1.29, 1.82) is 0 Å². The second kappa shape index (κ2) is 4.67. The molecule has 1 heterocycles. The summed E-state index contributed by atoms with van der Waals surface area (Å²) in [7, 11) is 0. The fourth-order valence-corrected chi connectivity index (χ4v) is 2.82. The Bertz CT molecular complexity index is 691. The molecule has 2 aromatic carbocycles. The van der Waals surface area contributed by atoms with E-state index in [1.54, 1.807) is 0 Å². The molecule has 0 saturated heterocycles. The van der Waals surface area contributed by atoms with Crippen molar-refractivity contribution in [3.8, 4) is 0 Å². The first-order chi connectivity index (χ1) is 9.56. The average Bonchev–Trinajstić information content (AvgIpc) is 2.73. The summed E-state index contributed by atoms with van der Waals surface area (Å²) in [6.45, 7) is 4.16. The molecule has 2 aromatic rings. The van der Waals surface area contributed by atoms with Crippen molar-refractivity contribution in [3.05, 3.63) is 58.7 Å². The maximum Gasteiger partial charge on any atom is 0.232 e. The standard InChI is InChI=1S/C17H18N2O/c1-10-6-7-11(2)12(8-10)9-14-13-4-3-5-15(18)16(13)19-17(14)20/h3-8,14H,9,18H2,1-2H3,(H,19,20). The maximum absolute atomic E-state index is 12.2. The number of rotatable bonds is 2. The Hall–Kier alpha value is -2.29. The van der Waals surface area contributed by atoms with Crippen molar-refractivity contribution in [2.24, 2.45) is 0 Å². The van der Waals surface area contributed by atoms with Crippen molar-refractivity contribution in [2.75, 3.05) is 11.1 Å². The molecule has 0 fully saturated rings. The molecule has 3 rings (SSSR count).